The molecular weight excluding hydrogens is 551 g/mol. The van der Waals surface area contributed by atoms with Gasteiger partial charge in [-0.25, -0.2) is 0 Å². The Balaban J connectivity index is 1.58. The van der Waals surface area contributed by atoms with Crippen LogP contribution >= 0.6 is 0 Å². The fourth-order valence-electron chi connectivity index (χ4n) is 5.82. The van der Waals surface area contributed by atoms with Crippen LogP contribution < -0.4 is 0 Å². The molecule has 0 atom stereocenters. The maximum absolute atomic E-state index is 2.92. The van der Waals surface area contributed by atoms with Crippen LogP contribution in [0, 0.1) is 0 Å². The van der Waals surface area contributed by atoms with Crippen molar-refractivity contribution in [2.24, 2.45) is 0 Å². The number of nitrogens with zero attached hydrogens (tertiary/aromatic N) is 2. The fourth-order valence-corrected chi connectivity index (χ4v) is 24.2. The summed E-state index contributed by atoms with van der Waals surface area (Å²) in [5.41, 5.74) is 0. The maximum atomic E-state index is 2.92. The quantitative estimate of drug-likeness (QED) is 0.352. The molecular formula is C24H40HfN2Si2. The predicted molar refractivity (Wildman–Crippen MR) is 127 cm³/mol. The summed E-state index contributed by atoms with van der Waals surface area (Å²) in [5.74, 6) is 0. The first-order valence-corrected chi connectivity index (χ1v) is 21.5. The van der Waals surface area contributed by atoms with Crippen molar-refractivity contribution in [2.45, 2.75) is 77.6 Å². The summed E-state index contributed by atoms with van der Waals surface area (Å²) >= 11 is -0.930. The van der Waals surface area contributed by atoms with Gasteiger partial charge in [-0.1, -0.05) is 0 Å². The molecule has 0 aromatic heterocycles. The molecule has 0 unspecified atom stereocenters. The number of hydrogen-bond acceptors (Lipinski definition) is 2. The van der Waals surface area contributed by atoms with Crippen molar-refractivity contribution < 1.29 is 22.9 Å². The molecule has 158 valence electrons. The van der Waals surface area contributed by atoms with Crippen LogP contribution in [0.15, 0.2) is 41.4 Å². The Labute approximate surface area is 192 Å². The third-order valence-electron chi connectivity index (χ3n) is 7.78. The predicted octanol–water partition coefficient (Wildman–Crippen LogP) is 5.96. The second-order valence-corrected chi connectivity index (χ2v) is 24.1. The van der Waals surface area contributed by atoms with Crippen LogP contribution in [0.5, 0.6) is 0 Å². The van der Waals surface area contributed by atoms with E-state index in [1.807, 2.05) is 17.1 Å². The van der Waals surface area contributed by atoms with Gasteiger partial charge < -0.3 is 0 Å². The number of piperidine rings is 2. The molecule has 29 heavy (non-hydrogen) atoms. The van der Waals surface area contributed by atoms with Gasteiger partial charge in [0.2, 0.25) is 0 Å². The van der Waals surface area contributed by atoms with E-state index in [0.29, 0.717) is 0 Å². The average molecular weight is 591 g/mol. The van der Waals surface area contributed by atoms with Crippen LogP contribution in [0.3, 0.4) is 0 Å². The molecule has 0 bridgehead atoms. The van der Waals surface area contributed by atoms with Gasteiger partial charge in [-0.15, -0.1) is 0 Å². The monoisotopic (exact) mass is 592 g/mol. The Kier molecular flexibility index (Phi) is 7.22. The Morgan fingerprint density at radius 3 is 1.38 bits per heavy atom. The van der Waals surface area contributed by atoms with Crippen molar-refractivity contribution in [3.63, 3.8) is 0 Å². The number of hydrogen-bond donors (Lipinski definition) is 0. The van der Waals surface area contributed by atoms with Crippen molar-refractivity contribution in [2.75, 3.05) is 26.2 Å². The van der Waals surface area contributed by atoms with Gasteiger partial charge in [-0.2, -0.15) is 0 Å². The summed E-state index contributed by atoms with van der Waals surface area (Å²) < 4.78 is 9.73. The van der Waals surface area contributed by atoms with Crippen LogP contribution in [0.1, 0.15) is 51.4 Å². The van der Waals surface area contributed by atoms with Crippen LogP contribution in [-0.2, 0) is 22.9 Å². The van der Waals surface area contributed by atoms with Crippen LogP contribution in [0.2, 0.25) is 26.2 Å². The molecule has 2 saturated heterocycles. The van der Waals surface area contributed by atoms with Gasteiger partial charge in [0.05, 0.1) is 0 Å². The molecule has 2 aliphatic heterocycles. The molecule has 4 rings (SSSR count). The van der Waals surface area contributed by atoms with E-state index in [1.165, 1.54) is 77.5 Å². The standard InChI is InChI=1S/2C12H20NSi.Hf/c2*1-14(2,12-8-4-5-9-12)13-10-6-3-7-11-13;/h2*4,8H,3,5-7,10-11H2,1-2H3;. The molecule has 0 saturated carbocycles. The van der Waals surface area contributed by atoms with Crippen LogP contribution in [0.25, 0.3) is 0 Å². The van der Waals surface area contributed by atoms with Gasteiger partial charge in [0.1, 0.15) is 0 Å². The van der Waals surface area contributed by atoms with Gasteiger partial charge in [-0.3, -0.25) is 0 Å². The second-order valence-electron chi connectivity index (χ2n) is 10.3. The first kappa shape index (κ1) is 22.4. The van der Waals surface area contributed by atoms with Crippen molar-refractivity contribution >= 4 is 16.5 Å². The summed E-state index contributed by atoms with van der Waals surface area (Å²) in [5, 5.41) is 3.69. The van der Waals surface area contributed by atoms with E-state index in [-0.39, 0.29) is 0 Å². The van der Waals surface area contributed by atoms with Gasteiger partial charge in [0.15, 0.2) is 0 Å². The van der Waals surface area contributed by atoms with E-state index in [9.17, 15) is 0 Å². The van der Waals surface area contributed by atoms with E-state index < -0.39 is 39.4 Å². The van der Waals surface area contributed by atoms with E-state index in [1.54, 1.807) is 0 Å². The molecule has 0 aromatic rings. The molecule has 2 nitrogen and oxygen atoms in total. The Bertz CT molecular complexity index is 674. The Hall–Kier alpha value is 0.184. The minimum atomic E-state index is -1.47. The average Bonchev–Trinajstić information content (AvgIpc) is 3.40. The van der Waals surface area contributed by atoms with E-state index >= 15 is 0 Å². The van der Waals surface area contributed by atoms with Crippen LogP contribution in [0.4, 0.5) is 0 Å². The Morgan fingerprint density at radius 2 is 1.00 bits per heavy atom. The zero-order chi connectivity index (χ0) is 20.5. The Morgan fingerprint density at radius 1 is 0.621 bits per heavy atom. The molecule has 0 radical (unpaired) electrons. The first-order valence-electron chi connectivity index (χ1n) is 12.0. The topological polar surface area (TPSA) is 6.48 Å². The summed E-state index contributed by atoms with van der Waals surface area (Å²) in [6.45, 7) is 16.0. The van der Waals surface area contributed by atoms with E-state index in [2.05, 4.69) is 59.6 Å². The third kappa shape index (κ3) is 4.69. The van der Waals surface area contributed by atoms with Gasteiger partial charge >= 0.3 is 194 Å². The SMILES string of the molecule is C[Si](C)(C1=[C]([Hf][C]2=C([Si](C)(C)N3CCCCC3)C=CC2)CC=C1)N1CCCCC1. The molecule has 0 spiro atoms. The molecule has 2 fully saturated rings. The number of allylic oxidation sites excluding steroid dienone is 8. The summed E-state index contributed by atoms with van der Waals surface area (Å²) in [4.78, 5) is 0. The van der Waals surface area contributed by atoms with Gasteiger partial charge in [0.25, 0.3) is 0 Å². The second kappa shape index (κ2) is 9.35. The summed E-state index contributed by atoms with van der Waals surface area (Å²) in [6.07, 6.45) is 21.3. The third-order valence-corrected chi connectivity index (χ3v) is 22.8. The zero-order valence-corrected chi connectivity index (χ0v) is 24.8. The van der Waals surface area contributed by atoms with Gasteiger partial charge in [-0.05, 0) is 0 Å². The van der Waals surface area contributed by atoms with Crippen LogP contribution in [-0.4, -0.2) is 51.8 Å². The summed E-state index contributed by atoms with van der Waals surface area (Å²) in [7, 11) is -2.94. The van der Waals surface area contributed by atoms with Crippen molar-refractivity contribution in [3.8, 4) is 0 Å². The molecule has 5 heteroatoms. The van der Waals surface area contributed by atoms with Crippen molar-refractivity contribution in [1.29, 1.82) is 0 Å². The normalized spacial score (nSPS) is 24.8. The summed E-state index contributed by atoms with van der Waals surface area (Å²) in [6, 6.07) is 0. The molecule has 2 heterocycles. The zero-order valence-electron chi connectivity index (χ0n) is 19.2. The first-order chi connectivity index (χ1) is 13.9. The molecule has 0 aromatic carbocycles. The van der Waals surface area contributed by atoms with Crippen molar-refractivity contribution in [3.05, 3.63) is 41.4 Å². The van der Waals surface area contributed by atoms with Crippen molar-refractivity contribution in [1.82, 2.24) is 9.13 Å². The molecule has 0 amide bonds. The fraction of sp³-hybridized carbons (Fsp3) is 0.667. The minimum absolute atomic E-state index is 0.930. The van der Waals surface area contributed by atoms with E-state index in [4.69, 9.17) is 0 Å². The molecule has 4 aliphatic rings. The molecule has 0 N–H and O–H groups in total. The number of rotatable bonds is 6. The molecule has 2 aliphatic carbocycles. The van der Waals surface area contributed by atoms with Gasteiger partial charge in [0, 0.05) is 0 Å². The van der Waals surface area contributed by atoms with E-state index in [0.717, 1.165) is 0 Å².